The Morgan fingerprint density at radius 1 is 0.833 bits per heavy atom. The third-order valence-corrected chi connectivity index (χ3v) is 6.11. The number of aliphatic hydroxyl groups excluding tert-OH is 1. The third-order valence-electron chi connectivity index (χ3n) is 6.11. The number of fused-ring (bicyclic) bond motifs is 1. The molecule has 0 atom stereocenters. The lowest BCUT2D eigenvalue weighted by atomic mass is 9.82. The quantitative estimate of drug-likeness (QED) is 0.495. The van der Waals surface area contributed by atoms with Crippen LogP contribution in [-0.4, -0.2) is 26.3 Å². The summed E-state index contributed by atoms with van der Waals surface area (Å²) in [6.45, 7) is 10.5. The van der Waals surface area contributed by atoms with Gasteiger partial charge in [-0.3, -0.25) is 4.40 Å². The molecule has 0 fully saturated rings. The molecule has 1 N–H and O–H groups in total. The summed E-state index contributed by atoms with van der Waals surface area (Å²) < 4.78 is 2.06. The summed E-state index contributed by atoms with van der Waals surface area (Å²) in [5.74, 6) is 0.885. The summed E-state index contributed by atoms with van der Waals surface area (Å²) >= 11 is 0. The topological polar surface area (TPSA) is 50.4 Å². The highest BCUT2D eigenvalue weighted by Gasteiger charge is 2.31. The van der Waals surface area contributed by atoms with Crippen molar-refractivity contribution >= 4 is 5.65 Å². The molecule has 0 aliphatic heterocycles. The molecule has 2 aromatic heterocycles. The van der Waals surface area contributed by atoms with Gasteiger partial charge in [0, 0.05) is 17.2 Å². The van der Waals surface area contributed by atoms with Crippen LogP contribution in [0.2, 0.25) is 0 Å². The van der Waals surface area contributed by atoms with Gasteiger partial charge in [0.2, 0.25) is 0 Å². The fourth-order valence-electron chi connectivity index (χ4n) is 3.91. The van der Waals surface area contributed by atoms with Crippen LogP contribution < -0.4 is 0 Å². The van der Waals surface area contributed by atoms with Crippen LogP contribution in [0.25, 0.3) is 16.8 Å². The fourth-order valence-corrected chi connectivity index (χ4v) is 3.91. The molecule has 4 heteroatoms. The Balaban J connectivity index is 1.74. The van der Waals surface area contributed by atoms with E-state index in [1.165, 1.54) is 22.3 Å². The SMILES string of the molecule is Cc1ccc(-c2ccc(C(C)(C)c3nnc4c(C(C)(C)CO)cccn34)cc2)cc1. The van der Waals surface area contributed by atoms with E-state index in [-0.39, 0.29) is 17.4 Å². The molecule has 0 saturated heterocycles. The Morgan fingerprint density at radius 2 is 1.43 bits per heavy atom. The number of aliphatic hydroxyl groups is 1. The van der Waals surface area contributed by atoms with Crippen molar-refractivity contribution in [1.29, 1.82) is 0 Å². The molecule has 0 bridgehead atoms. The highest BCUT2D eigenvalue weighted by molar-refractivity contribution is 5.64. The van der Waals surface area contributed by atoms with Gasteiger partial charge in [0.15, 0.2) is 5.65 Å². The number of benzene rings is 2. The van der Waals surface area contributed by atoms with Crippen LogP contribution in [-0.2, 0) is 10.8 Å². The molecular formula is C26H29N3O. The predicted octanol–water partition coefficient (Wildman–Crippen LogP) is 5.30. The Hall–Kier alpha value is -2.98. The standard InChI is InChI=1S/C26H29N3O/c1-18-8-10-19(11-9-18)20-12-14-21(15-13-20)26(4,5)24-28-27-23-22(25(2,3)17-30)7-6-16-29(23)24/h6-16,30H,17H2,1-5H3. The van der Waals surface area contributed by atoms with Gasteiger partial charge in [-0.2, -0.15) is 0 Å². The Kier molecular flexibility index (Phi) is 4.99. The van der Waals surface area contributed by atoms with Crippen LogP contribution in [0.15, 0.2) is 66.9 Å². The summed E-state index contributed by atoms with van der Waals surface area (Å²) in [6.07, 6.45) is 2.00. The van der Waals surface area contributed by atoms with Crippen LogP contribution in [0.5, 0.6) is 0 Å². The van der Waals surface area contributed by atoms with E-state index >= 15 is 0 Å². The van der Waals surface area contributed by atoms with E-state index in [1.54, 1.807) is 0 Å². The number of hydrogen-bond donors (Lipinski definition) is 1. The van der Waals surface area contributed by atoms with E-state index in [1.807, 2.05) is 32.2 Å². The molecular weight excluding hydrogens is 370 g/mol. The summed E-state index contributed by atoms with van der Waals surface area (Å²) in [7, 11) is 0. The van der Waals surface area contributed by atoms with Crippen molar-refractivity contribution in [3.63, 3.8) is 0 Å². The average Bonchev–Trinajstić information content (AvgIpc) is 3.19. The molecule has 0 amide bonds. The molecule has 4 nitrogen and oxygen atoms in total. The van der Waals surface area contributed by atoms with E-state index in [4.69, 9.17) is 0 Å². The van der Waals surface area contributed by atoms with Crippen molar-refractivity contribution in [3.05, 3.63) is 89.4 Å². The maximum Gasteiger partial charge on any atom is 0.164 e. The first-order valence-corrected chi connectivity index (χ1v) is 10.4. The number of aromatic nitrogens is 3. The molecule has 2 heterocycles. The smallest absolute Gasteiger partial charge is 0.164 e. The van der Waals surface area contributed by atoms with Gasteiger partial charge < -0.3 is 5.11 Å². The Morgan fingerprint density at radius 3 is 2.03 bits per heavy atom. The Bertz CT molecular complexity index is 1170. The van der Waals surface area contributed by atoms with Gasteiger partial charge >= 0.3 is 0 Å². The molecule has 30 heavy (non-hydrogen) atoms. The van der Waals surface area contributed by atoms with Crippen LogP contribution >= 0.6 is 0 Å². The fraction of sp³-hybridized carbons (Fsp3) is 0.308. The minimum Gasteiger partial charge on any atom is -0.395 e. The zero-order valence-electron chi connectivity index (χ0n) is 18.3. The molecule has 0 radical (unpaired) electrons. The average molecular weight is 400 g/mol. The molecule has 0 unspecified atom stereocenters. The van der Waals surface area contributed by atoms with Gasteiger partial charge in [-0.15, -0.1) is 10.2 Å². The van der Waals surface area contributed by atoms with Crippen molar-refractivity contribution in [1.82, 2.24) is 14.6 Å². The number of nitrogens with zero attached hydrogens (tertiary/aromatic N) is 3. The predicted molar refractivity (Wildman–Crippen MR) is 122 cm³/mol. The number of aryl methyl sites for hydroxylation is 1. The van der Waals surface area contributed by atoms with Crippen molar-refractivity contribution in [2.45, 2.75) is 45.4 Å². The summed E-state index contributed by atoms with van der Waals surface area (Å²) in [5.41, 5.74) is 5.95. The van der Waals surface area contributed by atoms with Gasteiger partial charge in [-0.1, -0.05) is 74.0 Å². The molecule has 0 spiro atoms. The number of hydrogen-bond acceptors (Lipinski definition) is 3. The second-order valence-electron chi connectivity index (χ2n) is 9.25. The van der Waals surface area contributed by atoms with Gasteiger partial charge in [0.25, 0.3) is 0 Å². The first-order chi connectivity index (χ1) is 14.2. The number of pyridine rings is 1. The van der Waals surface area contributed by atoms with Crippen LogP contribution in [0, 0.1) is 6.92 Å². The number of rotatable bonds is 5. The summed E-state index contributed by atoms with van der Waals surface area (Å²) in [5, 5.41) is 18.9. The van der Waals surface area contributed by atoms with E-state index < -0.39 is 0 Å². The van der Waals surface area contributed by atoms with Crippen molar-refractivity contribution in [2.24, 2.45) is 0 Å². The third kappa shape index (κ3) is 3.41. The molecule has 2 aromatic carbocycles. The molecule has 0 aliphatic rings. The molecule has 4 rings (SSSR count). The zero-order valence-corrected chi connectivity index (χ0v) is 18.3. The van der Waals surface area contributed by atoms with Crippen molar-refractivity contribution < 1.29 is 5.11 Å². The molecule has 0 saturated carbocycles. The van der Waals surface area contributed by atoms with E-state index in [0.29, 0.717) is 0 Å². The molecule has 4 aromatic rings. The normalized spacial score (nSPS) is 12.5. The van der Waals surface area contributed by atoms with E-state index in [9.17, 15) is 5.11 Å². The molecule has 0 aliphatic carbocycles. The maximum atomic E-state index is 9.83. The lowest BCUT2D eigenvalue weighted by Crippen LogP contribution is -2.24. The lowest BCUT2D eigenvalue weighted by molar-refractivity contribution is 0.219. The first kappa shape index (κ1) is 20.3. The van der Waals surface area contributed by atoms with Gasteiger partial charge in [-0.25, -0.2) is 0 Å². The molecule has 154 valence electrons. The van der Waals surface area contributed by atoms with Crippen LogP contribution in [0.3, 0.4) is 0 Å². The first-order valence-electron chi connectivity index (χ1n) is 10.4. The largest absolute Gasteiger partial charge is 0.395 e. The monoisotopic (exact) mass is 399 g/mol. The highest BCUT2D eigenvalue weighted by atomic mass is 16.3. The van der Waals surface area contributed by atoms with E-state index in [0.717, 1.165) is 17.0 Å². The van der Waals surface area contributed by atoms with Crippen LogP contribution in [0.4, 0.5) is 0 Å². The van der Waals surface area contributed by atoms with Crippen molar-refractivity contribution in [2.75, 3.05) is 6.61 Å². The Labute approximate surface area is 178 Å². The van der Waals surface area contributed by atoms with Crippen molar-refractivity contribution in [3.8, 4) is 11.1 Å². The minimum atomic E-state index is -0.382. The second kappa shape index (κ2) is 7.37. The lowest BCUT2D eigenvalue weighted by Gasteiger charge is -2.25. The minimum absolute atomic E-state index is 0.0543. The summed E-state index contributed by atoms with van der Waals surface area (Å²) in [6, 6.07) is 21.3. The van der Waals surface area contributed by atoms with Crippen LogP contribution in [0.1, 0.15) is 50.2 Å². The van der Waals surface area contributed by atoms with Gasteiger partial charge in [0.1, 0.15) is 5.82 Å². The zero-order chi connectivity index (χ0) is 21.5. The second-order valence-corrected chi connectivity index (χ2v) is 9.25. The maximum absolute atomic E-state index is 9.83. The van der Waals surface area contributed by atoms with E-state index in [2.05, 4.69) is 83.9 Å². The summed E-state index contributed by atoms with van der Waals surface area (Å²) in [4.78, 5) is 0. The van der Waals surface area contributed by atoms with Gasteiger partial charge in [0.05, 0.1) is 12.0 Å². The highest BCUT2D eigenvalue weighted by Crippen LogP contribution is 2.34. The van der Waals surface area contributed by atoms with Gasteiger partial charge in [-0.05, 0) is 43.5 Å².